The molecule has 2 N–H and O–H groups in total. The molecule has 6 heteroatoms. The maximum Gasteiger partial charge on any atom is 0.224 e. The van der Waals surface area contributed by atoms with E-state index in [2.05, 4.69) is 17.4 Å². The lowest BCUT2D eigenvalue weighted by molar-refractivity contribution is -0.115. The summed E-state index contributed by atoms with van der Waals surface area (Å²) in [6.45, 7) is 1.72. The van der Waals surface area contributed by atoms with Gasteiger partial charge in [0.05, 0.1) is 22.9 Å². The average molecular weight is 377 g/mol. The first-order valence-electron chi connectivity index (χ1n) is 8.77. The minimum absolute atomic E-state index is 0.0188. The van der Waals surface area contributed by atoms with E-state index in [1.807, 2.05) is 60.0 Å². The number of amides is 1. The van der Waals surface area contributed by atoms with Crippen LogP contribution in [0.25, 0.3) is 26.7 Å². The molecule has 0 aliphatic rings. The van der Waals surface area contributed by atoms with Gasteiger partial charge in [-0.3, -0.25) is 9.20 Å². The number of carbonyl (C=O) groups excluding carboxylic acids is 1. The molecule has 4 rings (SSSR count). The van der Waals surface area contributed by atoms with Crippen LogP contribution >= 0.6 is 11.3 Å². The normalized spacial score (nSPS) is 11.0. The van der Waals surface area contributed by atoms with Gasteiger partial charge in [-0.05, 0) is 17.7 Å². The number of nitrogens with zero attached hydrogens (tertiary/aromatic N) is 2. The van der Waals surface area contributed by atoms with Crippen molar-refractivity contribution in [1.82, 2.24) is 9.38 Å². The van der Waals surface area contributed by atoms with Gasteiger partial charge < -0.3 is 10.4 Å². The van der Waals surface area contributed by atoms with Gasteiger partial charge in [-0.15, -0.1) is 0 Å². The number of thiazole rings is 1. The van der Waals surface area contributed by atoms with Crippen molar-refractivity contribution in [2.45, 2.75) is 20.0 Å². The van der Waals surface area contributed by atoms with E-state index in [1.165, 1.54) is 0 Å². The lowest BCUT2D eigenvalue weighted by Crippen LogP contribution is -2.09. The number of benzene rings is 2. The first kappa shape index (κ1) is 17.5. The summed E-state index contributed by atoms with van der Waals surface area (Å²) >= 11 is 1.59. The molecule has 27 heavy (non-hydrogen) atoms. The van der Waals surface area contributed by atoms with Crippen molar-refractivity contribution < 1.29 is 9.90 Å². The summed E-state index contributed by atoms with van der Waals surface area (Å²) in [5.74, 6) is -0.0188. The summed E-state index contributed by atoms with van der Waals surface area (Å²) in [5.41, 5.74) is 4.31. The number of carbonyl (C=O) groups is 1. The van der Waals surface area contributed by atoms with Gasteiger partial charge in [0.1, 0.15) is 0 Å². The largest absolute Gasteiger partial charge is 0.390 e. The van der Waals surface area contributed by atoms with E-state index in [0.29, 0.717) is 6.42 Å². The molecule has 0 aliphatic heterocycles. The SMILES string of the molecule is CCC(=O)Nc1ccc(-c2nc3sc(-c4ccccc4)cn3c2CO)cc1. The quantitative estimate of drug-likeness (QED) is 0.535. The first-order chi connectivity index (χ1) is 13.2. The predicted molar refractivity (Wildman–Crippen MR) is 109 cm³/mol. The van der Waals surface area contributed by atoms with E-state index in [0.717, 1.165) is 38.0 Å². The number of hydrogen-bond acceptors (Lipinski definition) is 4. The Labute approximate surface area is 160 Å². The van der Waals surface area contributed by atoms with Crippen LogP contribution < -0.4 is 5.32 Å². The lowest BCUT2D eigenvalue weighted by atomic mass is 10.1. The highest BCUT2D eigenvalue weighted by Crippen LogP contribution is 2.33. The predicted octanol–water partition coefficient (Wildman–Crippen LogP) is 4.57. The summed E-state index contributed by atoms with van der Waals surface area (Å²) in [7, 11) is 0. The average Bonchev–Trinajstić information content (AvgIpc) is 3.27. The number of anilines is 1. The fourth-order valence-electron chi connectivity index (χ4n) is 2.97. The van der Waals surface area contributed by atoms with Crippen LogP contribution in [0.4, 0.5) is 5.69 Å². The maximum atomic E-state index is 11.5. The molecular formula is C21H19N3O2S. The summed E-state index contributed by atoms with van der Waals surface area (Å²) in [6.07, 6.45) is 2.46. The summed E-state index contributed by atoms with van der Waals surface area (Å²) in [6, 6.07) is 17.7. The van der Waals surface area contributed by atoms with E-state index >= 15 is 0 Å². The van der Waals surface area contributed by atoms with Crippen LogP contribution in [0.5, 0.6) is 0 Å². The minimum Gasteiger partial charge on any atom is -0.390 e. The number of aliphatic hydroxyl groups excluding tert-OH is 1. The highest BCUT2D eigenvalue weighted by Gasteiger charge is 2.16. The molecule has 4 aromatic rings. The van der Waals surface area contributed by atoms with E-state index in [9.17, 15) is 9.90 Å². The molecule has 0 saturated heterocycles. The van der Waals surface area contributed by atoms with Gasteiger partial charge in [0.2, 0.25) is 5.91 Å². The number of nitrogens with one attached hydrogen (secondary N) is 1. The van der Waals surface area contributed by atoms with Gasteiger partial charge in [0.25, 0.3) is 0 Å². The first-order valence-corrected chi connectivity index (χ1v) is 9.58. The molecule has 0 saturated carbocycles. The monoisotopic (exact) mass is 377 g/mol. The lowest BCUT2D eigenvalue weighted by Gasteiger charge is -2.05. The second-order valence-corrected chi connectivity index (χ2v) is 7.17. The number of aliphatic hydroxyl groups is 1. The van der Waals surface area contributed by atoms with Crippen LogP contribution in [0.2, 0.25) is 0 Å². The Morgan fingerprint density at radius 1 is 1.11 bits per heavy atom. The fourth-order valence-corrected chi connectivity index (χ4v) is 3.98. The second kappa shape index (κ2) is 7.34. The van der Waals surface area contributed by atoms with Crippen LogP contribution in [0.3, 0.4) is 0 Å². The number of aromatic nitrogens is 2. The van der Waals surface area contributed by atoms with Crippen molar-refractivity contribution in [2.24, 2.45) is 0 Å². The summed E-state index contributed by atoms with van der Waals surface area (Å²) in [5, 5.41) is 12.8. The van der Waals surface area contributed by atoms with Crippen molar-refractivity contribution in [2.75, 3.05) is 5.32 Å². The van der Waals surface area contributed by atoms with E-state index in [4.69, 9.17) is 4.98 Å². The molecule has 1 amide bonds. The van der Waals surface area contributed by atoms with Gasteiger partial charge in [0, 0.05) is 23.9 Å². The number of imidazole rings is 1. The molecule has 2 heterocycles. The zero-order valence-electron chi connectivity index (χ0n) is 14.8. The zero-order valence-corrected chi connectivity index (χ0v) is 15.7. The molecule has 0 aliphatic carbocycles. The Kier molecular flexibility index (Phi) is 4.75. The molecule has 0 atom stereocenters. The van der Waals surface area contributed by atoms with Crippen molar-refractivity contribution in [3.8, 4) is 21.7 Å². The number of fused-ring (bicyclic) bond motifs is 1. The van der Waals surface area contributed by atoms with Crippen LogP contribution in [-0.4, -0.2) is 20.4 Å². The van der Waals surface area contributed by atoms with Gasteiger partial charge in [-0.2, -0.15) is 0 Å². The Morgan fingerprint density at radius 3 is 2.52 bits per heavy atom. The maximum absolute atomic E-state index is 11.5. The Morgan fingerprint density at radius 2 is 1.85 bits per heavy atom. The fraction of sp³-hybridized carbons (Fsp3) is 0.143. The third-order valence-electron chi connectivity index (χ3n) is 4.40. The highest BCUT2D eigenvalue weighted by molar-refractivity contribution is 7.20. The van der Waals surface area contributed by atoms with Crippen LogP contribution in [0.15, 0.2) is 60.8 Å². The molecule has 0 radical (unpaired) electrons. The molecule has 0 bridgehead atoms. The molecule has 0 fully saturated rings. The van der Waals surface area contributed by atoms with E-state index in [1.54, 1.807) is 11.3 Å². The van der Waals surface area contributed by atoms with Gasteiger partial charge >= 0.3 is 0 Å². The van der Waals surface area contributed by atoms with Crippen molar-refractivity contribution >= 4 is 27.9 Å². The van der Waals surface area contributed by atoms with Crippen molar-refractivity contribution in [1.29, 1.82) is 0 Å². The number of hydrogen-bond donors (Lipinski definition) is 2. The Hall–Kier alpha value is -2.96. The van der Waals surface area contributed by atoms with Crippen LogP contribution in [0.1, 0.15) is 19.0 Å². The van der Waals surface area contributed by atoms with Gasteiger partial charge in [0.15, 0.2) is 4.96 Å². The van der Waals surface area contributed by atoms with E-state index in [-0.39, 0.29) is 12.5 Å². The molecule has 2 aromatic carbocycles. The highest BCUT2D eigenvalue weighted by atomic mass is 32.1. The van der Waals surface area contributed by atoms with Gasteiger partial charge in [-0.1, -0.05) is 60.7 Å². The van der Waals surface area contributed by atoms with Gasteiger partial charge in [-0.25, -0.2) is 4.98 Å². The van der Waals surface area contributed by atoms with Crippen LogP contribution in [0, 0.1) is 0 Å². The van der Waals surface area contributed by atoms with E-state index < -0.39 is 0 Å². The molecule has 2 aromatic heterocycles. The molecular weight excluding hydrogens is 358 g/mol. The zero-order chi connectivity index (χ0) is 18.8. The third-order valence-corrected chi connectivity index (χ3v) is 5.43. The smallest absolute Gasteiger partial charge is 0.224 e. The standard InChI is InChI=1S/C21H19N3O2S/c1-2-19(26)22-16-10-8-15(9-11-16)20-17(13-25)24-12-18(27-21(24)23-20)14-6-4-3-5-7-14/h3-12,25H,2,13H2,1H3,(H,22,26). The molecule has 0 spiro atoms. The Bertz CT molecular complexity index is 1080. The molecule has 0 unspecified atom stereocenters. The summed E-state index contributed by atoms with van der Waals surface area (Å²) in [4.78, 5) is 18.2. The summed E-state index contributed by atoms with van der Waals surface area (Å²) < 4.78 is 1.95. The topological polar surface area (TPSA) is 66.6 Å². The van der Waals surface area contributed by atoms with Crippen molar-refractivity contribution in [3.63, 3.8) is 0 Å². The molecule has 5 nitrogen and oxygen atoms in total. The Balaban J connectivity index is 1.70. The van der Waals surface area contributed by atoms with Crippen molar-refractivity contribution in [3.05, 3.63) is 66.5 Å². The number of rotatable bonds is 5. The van der Waals surface area contributed by atoms with Crippen LogP contribution in [-0.2, 0) is 11.4 Å². The molecule has 136 valence electrons. The second-order valence-electron chi connectivity index (χ2n) is 6.16. The third kappa shape index (κ3) is 3.37. The minimum atomic E-state index is -0.101.